The molecule has 3 aromatic heterocycles. The summed E-state index contributed by atoms with van der Waals surface area (Å²) >= 11 is 0. The molecule has 1 atom stereocenters. The van der Waals surface area contributed by atoms with E-state index in [1.807, 2.05) is 19.3 Å². The summed E-state index contributed by atoms with van der Waals surface area (Å²) in [6.07, 6.45) is 6.20. The fourth-order valence-corrected chi connectivity index (χ4v) is 3.30. The first-order chi connectivity index (χ1) is 11.8. The van der Waals surface area contributed by atoms with Gasteiger partial charge in [0.25, 0.3) is 0 Å². The maximum absolute atomic E-state index is 9.29. The third-order valence-electron chi connectivity index (χ3n) is 4.58. The number of pyridine rings is 1. The fraction of sp³-hybridized carbons (Fsp3) is 0.294. The summed E-state index contributed by atoms with van der Waals surface area (Å²) in [4.78, 5) is 20.6. The smallest absolute Gasteiger partial charge is 0.146 e. The molecular formula is C17H17N7. The van der Waals surface area contributed by atoms with Gasteiger partial charge in [0, 0.05) is 38.6 Å². The molecule has 0 bridgehead atoms. The van der Waals surface area contributed by atoms with E-state index in [1.54, 1.807) is 24.7 Å². The molecule has 1 aliphatic heterocycles. The highest BCUT2D eigenvalue weighted by Gasteiger charge is 2.29. The molecule has 24 heavy (non-hydrogen) atoms. The largest absolute Gasteiger partial charge is 0.354 e. The number of H-pyrrole nitrogens is 1. The van der Waals surface area contributed by atoms with Crippen LogP contribution in [0.15, 0.2) is 36.9 Å². The van der Waals surface area contributed by atoms with Gasteiger partial charge in [-0.05, 0) is 24.6 Å². The summed E-state index contributed by atoms with van der Waals surface area (Å²) in [5.74, 6) is 1.69. The Bertz CT molecular complexity index is 910. The monoisotopic (exact) mass is 319 g/mol. The third kappa shape index (κ3) is 2.33. The van der Waals surface area contributed by atoms with Crippen molar-refractivity contribution in [3.05, 3.63) is 42.5 Å². The minimum Gasteiger partial charge on any atom is -0.354 e. The lowest BCUT2D eigenvalue weighted by Gasteiger charge is -2.26. The first-order valence-corrected chi connectivity index (χ1v) is 7.89. The SMILES string of the molecule is CN(c1ncccc1C#N)[C@@H]1CCN(c2ncnc3[nH]ccc23)C1. The summed E-state index contributed by atoms with van der Waals surface area (Å²) < 4.78 is 0. The average Bonchev–Trinajstić information content (AvgIpc) is 3.30. The van der Waals surface area contributed by atoms with Gasteiger partial charge in [-0.25, -0.2) is 15.0 Å². The molecule has 1 N–H and O–H groups in total. The Balaban J connectivity index is 1.58. The van der Waals surface area contributed by atoms with E-state index in [-0.39, 0.29) is 6.04 Å². The summed E-state index contributed by atoms with van der Waals surface area (Å²) in [7, 11) is 2.00. The molecule has 4 heterocycles. The predicted molar refractivity (Wildman–Crippen MR) is 91.9 cm³/mol. The Morgan fingerprint density at radius 3 is 3.12 bits per heavy atom. The Hall–Kier alpha value is -3.14. The van der Waals surface area contributed by atoms with Gasteiger partial charge in [0.15, 0.2) is 0 Å². The Morgan fingerprint density at radius 2 is 2.25 bits per heavy atom. The van der Waals surface area contributed by atoms with E-state index in [0.717, 1.165) is 42.2 Å². The lowest BCUT2D eigenvalue weighted by molar-refractivity contribution is 0.683. The lowest BCUT2D eigenvalue weighted by Crippen LogP contribution is -2.35. The van der Waals surface area contributed by atoms with E-state index in [9.17, 15) is 5.26 Å². The number of anilines is 2. The van der Waals surface area contributed by atoms with Gasteiger partial charge < -0.3 is 14.8 Å². The maximum atomic E-state index is 9.29. The van der Waals surface area contributed by atoms with Crippen LogP contribution in [-0.4, -0.2) is 46.1 Å². The van der Waals surface area contributed by atoms with Crippen molar-refractivity contribution in [3.8, 4) is 6.07 Å². The van der Waals surface area contributed by atoms with E-state index in [0.29, 0.717) is 5.56 Å². The Labute approximate surface area is 139 Å². The van der Waals surface area contributed by atoms with Gasteiger partial charge in [-0.2, -0.15) is 5.26 Å². The molecule has 0 aromatic carbocycles. The van der Waals surface area contributed by atoms with Gasteiger partial charge >= 0.3 is 0 Å². The number of rotatable bonds is 3. The van der Waals surface area contributed by atoms with Crippen LogP contribution in [0.5, 0.6) is 0 Å². The average molecular weight is 319 g/mol. The van der Waals surface area contributed by atoms with Crippen molar-refractivity contribution in [2.45, 2.75) is 12.5 Å². The van der Waals surface area contributed by atoms with Crippen molar-refractivity contribution < 1.29 is 0 Å². The molecule has 0 aliphatic carbocycles. The lowest BCUT2D eigenvalue weighted by atomic mass is 10.2. The van der Waals surface area contributed by atoms with Crippen LogP contribution in [0.25, 0.3) is 11.0 Å². The maximum Gasteiger partial charge on any atom is 0.146 e. The number of aromatic amines is 1. The van der Waals surface area contributed by atoms with Crippen LogP contribution in [0.4, 0.5) is 11.6 Å². The molecule has 0 radical (unpaired) electrons. The normalized spacial score (nSPS) is 17.2. The van der Waals surface area contributed by atoms with Crippen LogP contribution in [0, 0.1) is 11.3 Å². The van der Waals surface area contributed by atoms with E-state index in [2.05, 4.69) is 35.8 Å². The highest BCUT2D eigenvalue weighted by atomic mass is 15.3. The second-order valence-electron chi connectivity index (χ2n) is 5.92. The quantitative estimate of drug-likeness (QED) is 0.794. The zero-order chi connectivity index (χ0) is 16.5. The zero-order valence-electron chi connectivity index (χ0n) is 13.3. The van der Waals surface area contributed by atoms with Crippen LogP contribution < -0.4 is 9.80 Å². The van der Waals surface area contributed by atoms with E-state index in [4.69, 9.17) is 0 Å². The molecule has 1 aliphatic rings. The highest BCUT2D eigenvalue weighted by molar-refractivity contribution is 5.87. The van der Waals surface area contributed by atoms with E-state index in [1.165, 1.54) is 0 Å². The van der Waals surface area contributed by atoms with Crippen molar-refractivity contribution in [1.82, 2.24) is 19.9 Å². The molecule has 0 unspecified atom stereocenters. The molecule has 7 heteroatoms. The number of likely N-dealkylation sites (N-methyl/N-ethyl adjacent to an activating group) is 1. The zero-order valence-corrected chi connectivity index (χ0v) is 13.3. The number of hydrogen-bond acceptors (Lipinski definition) is 6. The van der Waals surface area contributed by atoms with Crippen molar-refractivity contribution in [1.29, 1.82) is 5.26 Å². The molecule has 120 valence electrons. The molecule has 7 nitrogen and oxygen atoms in total. The first-order valence-electron chi connectivity index (χ1n) is 7.89. The van der Waals surface area contributed by atoms with Gasteiger partial charge in [0.05, 0.1) is 10.9 Å². The molecule has 4 rings (SSSR count). The Kier molecular flexibility index (Phi) is 3.50. The molecule has 0 spiro atoms. The van der Waals surface area contributed by atoms with Crippen LogP contribution in [-0.2, 0) is 0 Å². The second kappa shape index (κ2) is 5.81. The number of nitrogens with one attached hydrogen (secondary N) is 1. The van der Waals surface area contributed by atoms with Crippen LogP contribution in [0.3, 0.4) is 0 Å². The Morgan fingerprint density at radius 1 is 1.33 bits per heavy atom. The van der Waals surface area contributed by atoms with Gasteiger partial charge in [-0.15, -0.1) is 0 Å². The standard InChI is InChI=1S/C17H17N7/c1-23(16-12(9-18)3-2-6-20-16)13-5-8-24(10-13)17-14-4-7-19-15(14)21-11-22-17/h2-4,6-7,11,13H,5,8,10H2,1H3,(H,19,21,22)/t13-/m1/s1. The van der Waals surface area contributed by atoms with Crippen LogP contribution >= 0.6 is 0 Å². The summed E-state index contributed by atoms with van der Waals surface area (Å²) in [6.45, 7) is 1.76. The van der Waals surface area contributed by atoms with Crippen LogP contribution in [0.1, 0.15) is 12.0 Å². The van der Waals surface area contributed by atoms with E-state index >= 15 is 0 Å². The third-order valence-corrected chi connectivity index (χ3v) is 4.58. The van der Waals surface area contributed by atoms with Gasteiger partial charge in [-0.1, -0.05) is 0 Å². The number of aromatic nitrogens is 4. The molecule has 0 saturated carbocycles. The van der Waals surface area contributed by atoms with Crippen molar-refractivity contribution in [2.75, 3.05) is 29.9 Å². The van der Waals surface area contributed by atoms with E-state index < -0.39 is 0 Å². The van der Waals surface area contributed by atoms with Crippen molar-refractivity contribution in [2.24, 2.45) is 0 Å². The predicted octanol–water partition coefficient (Wildman–Crippen LogP) is 1.94. The number of nitriles is 1. The molecular weight excluding hydrogens is 302 g/mol. The van der Waals surface area contributed by atoms with Crippen molar-refractivity contribution in [3.63, 3.8) is 0 Å². The second-order valence-corrected chi connectivity index (χ2v) is 5.92. The molecule has 3 aromatic rings. The molecule has 1 saturated heterocycles. The summed E-state index contributed by atoms with van der Waals surface area (Å²) in [5, 5.41) is 10.3. The van der Waals surface area contributed by atoms with Gasteiger partial charge in [-0.3, -0.25) is 0 Å². The number of hydrogen-bond donors (Lipinski definition) is 1. The first kappa shape index (κ1) is 14.5. The van der Waals surface area contributed by atoms with Crippen LogP contribution in [0.2, 0.25) is 0 Å². The topological polar surface area (TPSA) is 84.7 Å². The van der Waals surface area contributed by atoms with Crippen molar-refractivity contribution >= 4 is 22.7 Å². The van der Waals surface area contributed by atoms with Gasteiger partial charge in [0.1, 0.15) is 29.7 Å². The fourth-order valence-electron chi connectivity index (χ4n) is 3.30. The summed E-state index contributed by atoms with van der Waals surface area (Å²) in [6, 6.07) is 8.11. The number of nitrogens with zero attached hydrogens (tertiary/aromatic N) is 6. The summed E-state index contributed by atoms with van der Waals surface area (Å²) in [5.41, 5.74) is 1.46. The molecule has 1 fully saturated rings. The van der Waals surface area contributed by atoms with Gasteiger partial charge in [0.2, 0.25) is 0 Å². The minimum absolute atomic E-state index is 0.288. The molecule has 0 amide bonds. The minimum atomic E-state index is 0.288. The highest BCUT2D eigenvalue weighted by Crippen LogP contribution is 2.28. The number of fused-ring (bicyclic) bond motifs is 1.